The molecule has 1 aliphatic rings. The number of benzene rings is 1. The maximum Gasteiger partial charge on any atom is 0.220 e. The largest absolute Gasteiger partial charge is 0.497 e. The van der Waals surface area contributed by atoms with E-state index in [-0.39, 0.29) is 30.0 Å². The molecule has 1 fully saturated rings. The molecule has 1 amide bonds. The molecule has 3 aromatic rings. The highest BCUT2D eigenvalue weighted by molar-refractivity contribution is 5.77. The number of hydrogen-bond donors (Lipinski definition) is 3. The molecule has 0 bridgehead atoms. The molecular formula is C24H32N6O2. The van der Waals surface area contributed by atoms with Crippen molar-refractivity contribution in [1.29, 1.82) is 0 Å². The van der Waals surface area contributed by atoms with Gasteiger partial charge in [0.1, 0.15) is 5.75 Å². The van der Waals surface area contributed by atoms with Crippen LogP contribution in [0.25, 0.3) is 5.65 Å². The quantitative estimate of drug-likeness (QED) is 0.502. The van der Waals surface area contributed by atoms with Crippen LogP contribution in [0.15, 0.2) is 48.7 Å². The molecule has 8 heteroatoms. The number of aromatic nitrogens is 3. The molecule has 0 radical (unpaired) electrons. The average Bonchev–Trinajstić information content (AvgIpc) is 3.37. The van der Waals surface area contributed by atoms with Gasteiger partial charge in [-0.2, -0.15) is 0 Å². The van der Waals surface area contributed by atoms with Gasteiger partial charge in [-0.3, -0.25) is 14.6 Å². The third-order valence-electron chi connectivity index (χ3n) is 6.13. The molecule has 0 saturated carbocycles. The Hall–Kier alpha value is -2.97. The third kappa shape index (κ3) is 4.76. The Bertz CT molecular complexity index is 1050. The Morgan fingerprint density at radius 2 is 1.94 bits per heavy atom. The van der Waals surface area contributed by atoms with Gasteiger partial charge in [0.25, 0.3) is 0 Å². The van der Waals surface area contributed by atoms with Crippen molar-refractivity contribution in [2.75, 3.05) is 7.11 Å². The number of nitrogens with one attached hydrogen (secondary N) is 3. The van der Waals surface area contributed by atoms with E-state index in [2.05, 4.69) is 47.1 Å². The van der Waals surface area contributed by atoms with Crippen LogP contribution < -0.4 is 20.9 Å². The predicted octanol–water partition coefficient (Wildman–Crippen LogP) is 3.19. The minimum atomic E-state index is -0.197. The summed E-state index contributed by atoms with van der Waals surface area (Å²) in [5, 5.41) is 11.9. The van der Waals surface area contributed by atoms with Gasteiger partial charge in [-0.1, -0.05) is 32.0 Å². The summed E-state index contributed by atoms with van der Waals surface area (Å²) in [6, 6.07) is 13.8. The number of pyridine rings is 1. The normalized spacial score (nSPS) is 21.7. The van der Waals surface area contributed by atoms with Crippen molar-refractivity contribution < 1.29 is 9.53 Å². The van der Waals surface area contributed by atoms with Gasteiger partial charge < -0.3 is 10.1 Å². The summed E-state index contributed by atoms with van der Waals surface area (Å²) in [4.78, 5) is 13.2. The van der Waals surface area contributed by atoms with Crippen LogP contribution in [-0.2, 0) is 4.79 Å². The Balaban J connectivity index is 1.50. The number of carbonyl (C=O) groups is 1. The van der Waals surface area contributed by atoms with Gasteiger partial charge in [0.05, 0.1) is 19.2 Å². The van der Waals surface area contributed by atoms with Crippen molar-refractivity contribution in [3.8, 4) is 5.75 Å². The SMILES string of the molecule is COc1ccc(C2NNC(C)C2CC(=O)NC(CC(C)C)c2nnc3ccccn23)cc1. The highest BCUT2D eigenvalue weighted by Crippen LogP contribution is 2.32. The number of fused-ring (bicyclic) bond motifs is 1. The zero-order valence-corrected chi connectivity index (χ0v) is 19.1. The molecule has 4 unspecified atom stereocenters. The van der Waals surface area contributed by atoms with E-state index in [1.54, 1.807) is 7.11 Å². The lowest BCUT2D eigenvalue weighted by Crippen LogP contribution is -2.34. The van der Waals surface area contributed by atoms with E-state index in [1.165, 1.54) is 0 Å². The van der Waals surface area contributed by atoms with Gasteiger partial charge in [0.2, 0.25) is 5.91 Å². The standard InChI is InChI=1S/C24H32N6O2/c1-15(2)13-20(24-29-27-21-7-5-6-12-30(21)24)25-22(31)14-19-16(3)26-28-23(19)17-8-10-18(32-4)11-9-17/h5-12,15-16,19-20,23,26,28H,13-14H2,1-4H3,(H,25,31). The van der Waals surface area contributed by atoms with E-state index in [4.69, 9.17) is 4.74 Å². The summed E-state index contributed by atoms with van der Waals surface area (Å²) in [6.07, 6.45) is 3.14. The molecule has 4 rings (SSSR count). The molecular weight excluding hydrogens is 404 g/mol. The number of rotatable bonds is 8. The first kappa shape index (κ1) is 22.2. The predicted molar refractivity (Wildman–Crippen MR) is 123 cm³/mol. The molecule has 170 valence electrons. The van der Waals surface area contributed by atoms with Crippen LogP contribution in [0, 0.1) is 11.8 Å². The Kier molecular flexibility index (Phi) is 6.72. The van der Waals surface area contributed by atoms with Crippen LogP contribution in [0.5, 0.6) is 5.75 Å². The number of nitrogens with zero attached hydrogens (tertiary/aromatic N) is 3. The van der Waals surface area contributed by atoms with E-state index in [1.807, 2.05) is 53.1 Å². The lowest BCUT2D eigenvalue weighted by atomic mass is 9.87. The summed E-state index contributed by atoms with van der Waals surface area (Å²) >= 11 is 0. The van der Waals surface area contributed by atoms with Crippen LogP contribution in [-0.4, -0.2) is 33.7 Å². The molecule has 1 saturated heterocycles. The second-order valence-electron chi connectivity index (χ2n) is 8.93. The fraction of sp³-hybridized carbons (Fsp3) is 0.458. The molecule has 3 N–H and O–H groups in total. The van der Waals surface area contributed by atoms with Crippen molar-refractivity contribution in [3.63, 3.8) is 0 Å². The Morgan fingerprint density at radius 1 is 1.16 bits per heavy atom. The molecule has 2 aromatic heterocycles. The summed E-state index contributed by atoms with van der Waals surface area (Å²) in [5.74, 6) is 2.11. The third-order valence-corrected chi connectivity index (χ3v) is 6.13. The monoisotopic (exact) mass is 436 g/mol. The van der Waals surface area contributed by atoms with Gasteiger partial charge >= 0.3 is 0 Å². The zero-order chi connectivity index (χ0) is 22.7. The van der Waals surface area contributed by atoms with Crippen LogP contribution in [0.2, 0.25) is 0 Å². The minimum absolute atomic E-state index is 0.0178. The molecule has 3 heterocycles. The fourth-order valence-corrected chi connectivity index (χ4v) is 4.43. The highest BCUT2D eigenvalue weighted by atomic mass is 16.5. The van der Waals surface area contributed by atoms with Crippen LogP contribution in [0.3, 0.4) is 0 Å². The van der Waals surface area contributed by atoms with Gasteiger partial charge in [0, 0.05) is 24.6 Å². The number of hydrogen-bond acceptors (Lipinski definition) is 6. The van der Waals surface area contributed by atoms with Crippen LogP contribution in [0.4, 0.5) is 0 Å². The smallest absolute Gasteiger partial charge is 0.220 e. The lowest BCUT2D eigenvalue weighted by molar-refractivity contribution is -0.123. The first-order valence-corrected chi connectivity index (χ1v) is 11.2. The van der Waals surface area contributed by atoms with Gasteiger partial charge in [0.15, 0.2) is 11.5 Å². The molecule has 32 heavy (non-hydrogen) atoms. The maximum atomic E-state index is 13.2. The van der Waals surface area contributed by atoms with Crippen LogP contribution >= 0.6 is 0 Å². The zero-order valence-electron chi connectivity index (χ0n) is 19.1. The maximum absolute atomic E-state index is 13.2. The van der Waals surface area contributed by atoms with Crippen LogP contribution in [0.1, 0.15) is 57.1 Å². The average molecular weight is 437 g/mol. The highest BCUT2D eigenvalue weighted by Gasteiger charge is 2.36. The minimum Gasteiger partial charge on any atom is -0.497 e. The van der Waals surface area contributed by atoms with Crippen molar-refractivity contribution in [2.24, 2.45) is 11.8 Å². The first-order chi connectivity index (χ1) is 15.5. The summed E-state index contributed by atoms with van der Waals surface area (Å²) in [6.45, 7) is 6.40. The number of methoxy groups -OCH3 is 1. The summed E-state index contributed by atoms with van der Waals surface area (Å²) in [5.41, 5.74) is 8.57. The summed E-state index contributed by atoms with van der Waals surface area (Å²) < 4.78 is 7.23. The van der Waals surface area contributed by atoms with E-state index < -0.39 is 0 Å². The first-order valence-electron chi connectivity index (χ1n) is 11.2. The van der Waals surface area contributed by atoms with Crippen molar-refractivity contribution in [2.45, 2.75) is 51.7 Å². The van der Waals surface area contributed by atoms with Gasteiger partial charge in [-0.05, 0) is 49.1 Å². The molecule has 1 aromatic carbocycles. The Labute approximate surface area is 188 Å². The second-order valence-corrected chi connectivity index (χ2v) is 8.93. The molecule has 8 nitrogen and oxygen atoms in total. The van der Waals surface area contributed by atoms with Crippen molar-refractivity contribution in [3.05, 3.63) is 60.0 Å². The molecule has 0 aliphatic carbocycles. The number of ether oxygens (including phenoxy) is 1. The van der Waals surface area contributed by atoms with Gasteiger partial charge in [-0.15, -0.1) is 10.2 Å². The summed E-state index contributed by atoms with van der Waals surface area (Å²) in [7, 11) is 1.66. The van der Waals surface area contributed by atoms with Gasteiger partial charge in [-0.25, -0.2) is 5.43 Å². The van der Waals surface area contributed by atoms with E-state index in [9.17, 15) is 4.79 Å². The molecule has 0 spiro atoms. The van der Waals surface area contributed by atoms with E-state index in [0.717, 1.165) is 29.2 Å². The van der Waals surface area contributed by atoms with Crippen molar-refractivity contribution >= 4 is 11.6 Å². The fourth-order valence-electron chi connectivity index (χ4n) is 4.43. The topological polar surface area (TPSA) is 92.6 Å². The number of hydrazine groups is 1. The molecule has 4 atom stereocenters. The number of amides is 1. The Morgan fingerprint density at radius 3 is 2.66 bits per heavy atom. The lowest BCUT2D eigenvalue weighted by Gasteiger charge is -2.24. The number of carbonyl (C=O) groups excluding carboxylic acids is 1. The second kappa shape index (κ2) is 9.67. The van der Waals surface area contributed by atoms with E-state index in [0.29, 0.717) is 12.3 Å². The molecule has 1 aliphatic heterocycles. The van der Waals surface area contributed by atoms with Crippen molar-refractivity contribution in [1.82, 2.24) is 30.8 Å². The van der Waals surface area contributed by atoms with E-state index >= 15 is 0 Å².